The van der Waals surface area contributed by atoms with Gasteiger partial charge in [-0.1, -0.05) is 0 Å². The number of hydrogen-bond donors (Lipinski definition) is 4. The van der Waals surface area contributed by atoms with Crippen LogP contribution in [0.3, 0.4) is 0 Å². The molecule has 0 unspecified atom stereocenters. The summed E-state index contributed by atoms with van der Waals surface area (Å²) < 4.78 is 0. The summed E-state index contributed by atoms with van der Waals surface area (Å²) in [4.78, 5) is 25.6. The molecule has 6 heteroatoms. The van der Waals surface area contributed by atoms with Gasteiger partial charge in [-0.05, 0) is 39.4 Å². The minimum Gasteiger partial charge on any atom is -0.477 e. The molecule has 0 aromatic carbocycles. The first kappa shape index (κ1) is 14.2. The molecule has 6 nitrogen and oxygen atoms in total. The van der Waals surface area contributed by atoms with Crippen LogP contribution in [0.25, 0.3) is 0 Å². The number of nitrogens with one attached hydrogen (secondary N) is 3. The van der Waals surface area contributed by atoms with Crippen molar-refractivity contribution in [3.05, 3.63) is 22.5 Å². The van der Waals surface area contributed by atoms with E-state index in [1.807, 2.05) is 7.05 Å². The average Bonchev–Trinajstić information content (AvgIpc) is 2.60. The number of amides is 1. The topological polar surface area (TPSA) is 94.2 Å². The van der Waals surface area contributed by atoms with Gasteiger partial charge < -0.3 is 20.7 Å². The van der Waals surface area contributed by atoms with Crippen molar-refractivity contribution in [2.24, 2.45) is 0 Å². The Balaban J connectivity index is 2.77. The number of carbonyl (C=O) groups excluding carboxylic acids is 1. The van der Waals surface area contributed by atoms with Crippen molar-refractivity contribution in [2.75, 3.05) is 20.1 Å². The second kappa shape index (κ2) is 6.20. The molecule has 0 atom stereocenters. The molecule has 0 aliphatic heterocycles. The van der Waals surface area contributed by atoms with Crippen LogP contribution in [-0.2, 0) is 0 Å². The van der Waals surface area contributed by atoms with E-state index in [1.165, 1.54) is 0 Å². The highest BCUT2D eigenvalue weighted by molar-refractivity contribution is 6.00. The highest BCUT2D eigenvalue weighted by atomic mass is 16.4. The SMILES string of the molecule is CNCCCNC(=O)c1c(C)[nH]c(C(=O)O)c1C. The van der Waals surface area contributed by atoms with Crippen molar-refractivity contribution in [1.82, 2.24) is 15.6 Å². The molecule has 0 aliphatic rings. The van der Waals surface area contributed by atoms with Crippen LogP contribution in [-0.4, -0.2) is 42.1 Å². The van der Waals surface area contributed by atoms with Gasteiger partial charge in [0.2, 0.25) is 0 Å². The molecule has 0 radical (unpaired) electrons. The monoisotopic (exact) mass is 253 g/mol. The van der Waals surface area contributed by atoms with Crippen molar-refractivity contribution in [3.63, 3.8) is 0 Å². The fraction of sp³-hybridized carbons (Fsp3) is 0.500. The van der Waals surface area contributed by atoms with E-state index in [2.05, 4.69) is 15.6 Å². The zero-order valence-electron chi connectivity index (χ0n) is 10.9. The molecule has 1 rings (SSSR count). The fourth-order valence-corrected chi connectivity index (χ4v) is 1.86. The summed E-state index contributed by atoms with van der Waals surface area (Å²) in [5, 5.41) is 14.7. The van der Waals surface area contributed by atoms with Crippen LogP contribution in [0.4, 0.5) is 0 Å². The Labute approximate surface area is 106 Å². The number of carboxylic acids is 1. The number of hydrogen-bond acceptors (Lipinski definition) is 3. The number of aromatic nitrogens is 1. The van der Waals surface area contributed by atoms with Gasteiger partial charge in [0.1, 0.15) is 5.69 Å². The van der Waals surface area contributed by atoms with E-state index in [0.717, 1.165) is 13.0 Å². The minimum atomic E-state index is -1.05. The summed E-state index contributed by atoms with van der Waals surface area (Å²) in [5.74, 6) is -1.28. The fourth-order valence-electron chi connectivity index (χ4n) is 1.86. The van der Waals surface area contributed by atoms with Gasteiger partial charge in [0.25, 0.3) is 5.91 Å². The minimum absolute atomic E-state index is 0.0767. The highest BCUT2D eigenvalue weighted by Crippen LogP contribution is 2.17. The molecule has 0 saturated heterocycles. The Morgan fingerprint density at radius 3 is 2.44 bits per heavy atom. The van der Waals surface area contributed by atoms with Gasteiger partial charge in [0.15, 0.2) is 0 Å². The molecule has 1 amide bonds. The number of H-pyrrole nitrogens is 1. The van der Waals surface area contributed by atoms with Crippen LogP contribution >= 0.6 is 0 Å². The van der Waals surface area contributed by atoms with Gasteiger partial charge in [0.05, 0.1) is 5.56 Å². The Morgan fingerprint density at radius 1 is 1.28 bits per heavy atom. The predicted molar refractivity (Wildman–Crippen MR) is 68.1 cm³/mol. The lowest BCUT2D eigenvalue weighted by Gasteiger charge is -2.05. The average molecular weight is 253 g/mol. The third kappa shape index (κ3) is 3.10. The van der Waals surface area contributed by atoms with E-state index < -0.39 is 5.97 Å². The van der Waals surface area contributed by atoms with Gasteiger partial charge in [-0.15, -0.1) is 0 Å². The first-order valence-electron chi connectivity index (χ1n) is 5.84. The van der Waals surface area contributed by atoms with Crippen molar-refractivity contribution in [1.29, 1.82) is 0 Å². The van der Waals surface area contributed by atoms with Crippen molar-refractivity contribution >= 4 is 11.9 Å². The third-order valence-electron chi connectivity index (χ3n) is 2.77. The van der Waals surface area contributed by atoms with E-state index in [9.17, 15) is 9.59 Å². The molecule has 0 bridgehead atoms. The van der Waals surface area contributed by atoms with Gasteiger partial charge in [-0.3, -0.25) is 4.79 Å². The van der Waals surface area contributed by atoms with Crippen LogP contribution in [0.2, 0.25) is 0 Å². The summed E-state index contributed by atoms with van der Waals surface area (Å²) in [6.45, 7) is 4.72. The summed E-state index contributed by atoms with van der Waals surface area (Å²) in [5.41, 5.74) is 1.56. The lowest BCUT2D eigenvalue weighted by molar-refractivity contribution is 0.0690. The maximum absolute atomic E-state index is 11.9. The normalized spacial score (nSPS) is 10.4. The number of carbonyl (C=O) groups is 2. The van der Waals surface area contributed by atoms with Gasteiger partial charge in [0, 0.05) is 12.2 Å². The standard InChI is InChI=1S/C12H19N3O3/c1-7-9(8(2)15-10(7)12(17)18)11(16)14-6-4-5-13-3/h13,15H,4-6H2,1-3H3,(H,14,16)(H,17,18). The molecule has 1 aromatic heterocycles. The third-order valence-corrected chi connectivity index (χ3v) is 2.77. The Kier molecular flexibility index (Phi) is 4.91. The van der Waals surface area contributed by atoms with Gasteiger partial charge >= 0.3 is 5.97 Å². The molecule has 0 fully saturated rings. The second-order valence-corrected chi connectivity index (χ2v) is 4.14. The molecule has 0 aliphatic carbocycles. The van der Waals surface area contributed by atoms with Gasteiger partial charge in [-0.2, -0.15) is 0 Å². The van der Waals surface area contributed by atoms with Crippen molar-refractivity contribution in [2.45, 2.75) is 20.3 Å². The largest absolute Gasteiger partial charge is 0.477 e. The van der Waals surface area contributed by atoms with Crippen LogP contribution in [0.5, 0.6) is 0 Å². The van der Waals surface area contributed by atoms with E-state index in [-0.39, 0.29) is 11.6 Å². The molecular weight excluding hydrogens is 234 g/mol. The van der Waals surface area contributed by atoms with Crippen LogP contribution in [0, 0.1) is 13.8 Å². The van der Waals surface area contributed by atoms with Crippen LogP contribution < -0.4 is 10.6 Å². The molecule has 0 spiro atoms. The Hall–Kier alpha value is -1.82. The Morgan fingerprint density at radius 2 is 1.94 bits per heavy atom. The zero-order chi connectivity index (χ0) is 13.7. The number of rotatable bonds is 6. The smallest absolute Gasteiger partial charge is 0.352 e. The lowest BCUT2D eigenvalue weighted by atomic mass is 10.1. The lowest BCUT2D eigenvalue weighted by Crippen LogP contribution is -2.27. The summed E-state index contributed by atoms with van der Waals surface area (Å²) >= 11 is 0. The second-order valence-electron chi connectivity index (χ2n) is 4.14. The van der Waals surface area contributed by atoms with Crippen LogP contribution in [0.15, 0.2) is 0 Å². The zero-order valence-corrected chi connectivity index (χ0v) is 10.9. The number of aromatic amines is 1. The molecule has 1 aromatic rings. The molecule has 18 heavy (non-hydrogen) atoms. The van der Waals surface area contributed by atoms with Crippen molar-refractivity contribution in [3.8, 4) is 0 Å². The molecule has 0 saturated carbocycles. The van der Waals surface area contributed by atoms with E-state index in [4.69, 9.17) is 5.11 Å². The highest BCUT2D eigenvalue weighted by Gasteiger charge is 2.20. The van der Waals surface area contributed by atoms with Gasteiger partial charge in [-0.25, -0.2) is 4.79 Å². The maximum Gasteiger partial charge on any atom is 0.352 e. The molecule has 1 heterocycles. The predicted octanol–water partition coefficient (Wildman–Crippen LogP) is 0.669. The van der Waals surface area contributed by atoms with Crippen molar-refractivity contribution < 1.29 is 14.7 Å². The van der Waals surface area contributed by atoms with E-state index in [1.54, 1.807) is 13.8 Å². The number of carboxylic acid groups (broad SMARTS) is 1. The summed E-state index contributed by atoms with van der Waals surface area (Å²) in [6, 6.07) is 0. The van der Waals surface area contributed by atoms with Crippen LogP contribution in [0.1, 0.15) is 38.5 Å². The number of aromatic carboxylic acids is 1. The summed E-state index contributed by atoms with van der Waals surface area (Å²) in [7, 11) is 1.85. The maximum atomic E-state index is 11.9. The first-order chi connectivity index (χ1) is 8.49. The molecular formula is C12H19N3O3. The Bertz CT molecular complexity index is 452. The first-order valence-corrected chi connectivity index (χ1v) is 5.84. The number of aryl methyl sites for hydroxylation is 1. The molecule has 4 N–H and O–H groups in total. The quantitative estimate of drug-likeness (QED) is 0.560. The van der Waals surface area contributed by atoms with E-state index in [0.29, 0.717) is 23.4 Å². The molecule has 100 valence electrons. The summed E-state index contributed by atoms with van der Waals surface area (Å²) in [6.07, 6.45) is 0.830. The van der Waals surface area contributed by atoms with E-state index >= 15 is 0 Å².